The molecule has 0 radical (unpaired) electrons. The molecule has 4 N–H and O–H groups in total. The number of pyridine rings is 1. The molecule has 19 heavy (non-hydrogen) atoms. The third-order valence-corrected chi connectivity index (χ3v) is 3.95. The van der Waals surface area contributed by atoms with E-state index >= 15 is 0 Å². The zero-order valence-corrected chi connectivity index (χ0v) is 12.1. The highest BCUT2D eigenvalue weighted by atomic mass is 15.2. The molecule has 1 heterocycles. The van der Waals surface area contributed by atoms with Crippen LogP contribution in [0.15, 0.2) is 12.1 Å². The molecule has 0 aliphatic heterocycles. The third kappa shape index (κ3) is 3.52. The number of nitrogen functional groups attached to an aromatic ring is 2. The van der Waals surface area contributed by atoms with Crippen LogP contribution in [0.25, 0.3) is 0 Å². The second kappa shape index (κ2) is 6.13. The summed E-state index contributed by atoms with van der Waals surface area (Å²) in [6, 6.07) is 4.49. The first-order chi connectivity index (χ1) is 9.08. The summed E-state index contributed by atoms with van der Waals surface area (Å²) in [6.07, 6.45) is 6.37. The topological polar surface area (TPSA) is 68.2 Å². The molecular formula is C15H26N4. The predicted octanol–water partition coefficient (Wildman–Crippen LogP) is 3.04. The van der Waals surface area contributed by atoms with Crippen molar-refractivity contribution in [3.05, 3.63) is 12.1 Å². The van der Waals surface area contributed by atoms with Gasteiger partial charge in [-0.2, -0.15) is 0 Å². The Morgan fingerprint density at radius 3 is 2.53 bits per heavy atom. The third-order valence-electron chi connectivity index (χ3n) is 3.95. The predicted molar refractivity (Wildman–Crippen MR) is 82.1 cm³/mol. The van der Waals surface area contributed by atoms with E-state index in [1.165, 1.54) is 32.1 Å². The lowest BCUT2D eigenvalue weighted by molar-refractivity contribution is 0.525. The maximum Gasteiger partial charge on any atom is 0.149 e. The minimum Gasteiger partial charge on any atom is -0.396 e. The van der Waals surface area contributed by atoms with Crippen LogP contribution in [0.2, 0.25) is 0 Å². The van der Waals surface area contributed by atoms with E-state index in [0.29, 0.717) is 23.5 Å². The molecule has 0 bridgehead atoms. The van der Waals surface area contributed by atoms with E-state index in [4.69, 9.17) is 11.5 Å². The highest BCUT2D eigenvalue weighted by Crippen LogP contribution is 2.29. The van der Waals surface area contributed by atoms with Crippen LogP contribution in [-0.4, -0.2) is 17.6 Å². The summed E-state index contributed by atoms with van der Waals surface area (Å²) in [5, 5.41) is 0. The number of rotatable bonds is 5. The van der Waals surface area contributed by atoms with Gasteiger partial charge in [0, 0.05) is 12.6 Å². The standard InChI is InChI=1S/C15H26N4/c1-11(2)9-10-19(12-5-3-4-6-12)14-8-7-13(16)15(17)18-14/h7-8,11-12H,3-6,9-10,16H2,1-2H3,(H2,17,18). The number of nitrogens with zero attached hydrogens (tertiary/aromatic N) is 2. The number of hydrogen-bond donors (Lipinski definition) is 2. The minimum atomic E-state index is 0.449. The fraction of sp³-hybridized carbons (Fsp3) is 0.667. The Balaban J connectivity index is 2.17. The highest BCUT2D eigenvalue weighted by Gasteiger charge is 2.24. The van der Waals surface area contributed by atoms with Gasteiger partial charge in [-0.3, -0.25) is 0 Å². The van der Waals surface area contributed by atoms with Crippen molar-refractivity contribution in [2.75, 3.05) is 22.9 Å². The maximum atomic E-state index is 5.85. The van der Waals surface area contributed by atoms with Gasteiger partial charge in [0.25, 0.3) is 0 Å². The molecule has 0 unspecified atom stereocenters. The number of nitrogens with two attached hydrogens (primary N) is 2. The molecule has 1 aliphatic carbocycles. The average Bonchev–Trinajstić information content (AvgIpc) is 2.87. The van der Waals surface area contributed by atoms with E-state index in [2.05, 4.69) is 23.7 Å². The monoisotopic (exact) mass is 262 g/mol. The second-order valence-corrected chi connectivity index (χ2v) is 5.96. The van der Waals surface area contributed by atoms with Gasteiger partial charge in [-0.1, -0.05) is 26.7 Å². The van der Waals surface area contributed by atoms with Crippen LogP contribution in [0.5, 0.6) is 0 Å². The summed E-state index contributed by atoms with van der Waals surface area (Å²) in [5.41, 5.74) is 12.2. The zero-order valence-electron chi connectivity index (χ0n) is 12.1. The summed E-state index contributed by atoms with van der Waals surface area (Å²) >= 11 is 0. The Hall–Kier alpha value is -1.45. The van der Waals surface area contributed by atoms with E-state index < -0.39 is 0 Å². The van der Waals surface area contributed by atoms with Gasteiger partial charge in [-0.25, -0.2) is 4.98 Å². The van der Waals surface area contributed by atoms with E-state index in [-0.39, 0.29) is 0 Å². The fourth-order valence-corrected chi connectivity index (χ4v) is 2.73. The molecule has 1 aromatic rings. The van der Waals surface area contributed by atoms with Gasteiger partial charge in [-0.05, 0) is 37.3 Å². The summed E-state index contributed by atoms with van der Waals surface area (Å²) in [5.74, 6) is 2.14. The molecule has 2 rings (SSSR count). The van der Waals surface area contributed by atoms with Gasteiger partial charge in [0.15, 0.2) is 0 Å². The van der Waals surface area contributed by atoms with Crippen molar-refractivity contribution < 1.29 is 0 Å². The van der Waals surface area contributed by atoms with E-state index in [0.717, 1.165) is 12.4 Å². The average molecular weight is 262 g/mol. The first-order valence-electron chi connectivity index (χ1n) is 7.36. The van der Waals surface area contributed by atoms with Crippen LogP contribution in [0.1, 0.15) is 46.0 Å². The lowest BCUT2D eigenvalue weighted by Gasteiger charge is -2.31. The lowest BCUT2D eigenvalue weighted by atomic mass is 10.1. The molecule has 0 aromatic carbocycles. The first kappa shape index (κ1) is 14.0. The fourth-order valence-electron chi connectivity index (χ4n) is 2.73. The van der Waals surface area contributed by atoms with Gasteiger partial charge in [0.05, 0.1) is 5.69 Å². The Labute approximate surface area is 116 Å². The van der Waals surface area contributed by atoms with Gasteiger partial charge < -0.3 is 16.4 Å². The first-order valence-corrected chi connectivity index (χ1v) is 7.36. The molecule has 0 atom stereocenters. The van der Waals surface area contributed by atoms with Crippen LogP contribution in [0.3, 0.4) is 0 Å². The van der Waals surface area contributed by atoms with E-state index in [1.54, 1.807) is 0 Å². The molecule has 0 saturated heterocycles. The summed E-state index contributed by atoms with van der Waals surface area (Å²) in [4.78, 5) is 6.91. The lowest BCUT2D eigenvalue weighted by Crippen LogP contribution is -2.35. The molecule has 0 amide bonds. The van der Waals surface area contributed by atoms with Gasteiger partial charge in [0.2, 0.25) is 0 Å². The Morgan fingerprint density at radius 1 is 1.26 bits per heavy atom. The minimum absolute atomic E-state index is 0.449. The molecule has 106 valence electrons. The number of aromatic nitrogens is 1. The molecular weight excluding hydrogens is 236 g/mol. The molecule has 1 fully saturated rings. The van der Waals surface area contributed by atoms with Crippen LogP contribution in [-0.2, 0) is 0 Å². The number of hydrogen-bond acceptors (Lipinski definition) is 4. The Bertz CT molecular complexity index is 411. The maximum absolute atomic E-state index is 5.85. The van der Waals surface area contributed by atoms with Crippen molar-refractivity contribution in [2.45, 2.75) is 52.0 Å². The van der Waals surface area contributed by atoms with Crippen molar-refractivity contribution in [1.29, 1.82) is 0 Å². The van der Waals surface area contributed by atoms with Crippen molar-refractivity contribution in [3.63, 3.8) is 0 Å². The molecule has 4 nitrogen and oxygen atoms in total. The zero-order chi connectivity index (χ0) is 13.8. The van der Waals surface area contributed by atoms with Crippen LogP contribution in [0, 0.1) is 5.92 Å². The second-order valence-electron chi connectivity index (χ2n) is 5.96. The largest absolute Gasteiger partial charge is 0.396 e. The molecule has 0 spiro atoms. The molecule has 1 aromatic heterocycles. The van der Waals surface area contributed by atoms with Crippen LogP contribution in [0.4, 0.5) is 17.3 Å². The van der Waals surface area contributed by atoms with Crippen molar-refractivity contribution in [1.82, 2.24) is 4.98 Å². The number of anilines is 3. The van der Waals surface area contributed by atoms with Gasteiger partial charge in [0.1, 0.15) is 11.6 Å². The Morgan fingerprint density at radius 2 is 1.95 bits per heavy atom. The summed E-state index contributed by atoms with van der Waals surface area (Å²) < 4.78 is 0. The molecule has 4 heteroatoms. The van der Waals surface area contributed by atoms with E-state index in [9.17, 15) is 0 Å². The normalized spacial score (nSPS) is 16.2. The van der Waals surface area contributed by atoms with Gasteiger partial charge in [-0.15, -0.1) is 0 Å². The van der Waals surface area contributed by atoms with Crippen molar-refractivity contribution in [3.8, 4) is 0 Å². The van der Waals surface area contributed by atoms with Crippen molar-refractivity contribution >= 4 is 17.3 Å². The van der Waals surface area contributed by atoms with Crippen molar-refractivity contribution in [2.24, 2.45) is 5.92 Å². The van der Waals surface area contributed by atoms with E-state index in [1.807, 2.05) is 12.1 Å². The van der Waals surface area contributed by atoms with Gasteiger partial charge >= 0.3 is 0 Å². The Kier molecular flexibility index (Phi) is 4.51. The molecule has 1 saturated carbocycles. The van der Waals surface area contributed by atoms with Crippen LogP contribution >= 0.6 is 0 Å². The summed E-state index contributed by atoms with van der Waals surface area (Å²) in [7, 11) is 0. The summed E-state index contributed by atoms with van der Waals surface area (Å²) in [6.45, 7) is 5.58. The highest BCUT2D eigenvalue weighted by molar-refractivity contribution is 5.62. The molecule has 1 aliphatic rings. The van der Waals surface area contributed by atoms with Crippen LogP contribution < -0.4 is 16.4 Å². The smallest absolute Gasteiger partial charge is 0.149 e. The quantitative estimate of drug-likeness (QED) is 0.855. The SMILES string of the molecule is CC(C)CCN(c1ccc(N)c(N)n1)C1CCCC1.